The summed E-state index contributed by atoms with van der Waals surface area (Å²) < 4.78 is 63.0. The van der Waals surface area contributed by atoms with Gasteiger partial charge in [0.25, 0.3) is 0 Å². The number of hydrogen-bond acceptors (Lipinski definition) is 6. The van der Waals surface area contributed by atoms with Crippen LogP contribution in [-0.2, 0) is 22.6 Å². The van der Waals surface area contributed by atoms with Gasteiger partial charge in [-0.25, -0.2) is 18.4 Å². The van der Waals surface area contributed by atoms with E-state index in [1.165, 1.54) is 0 Å². The lowest BCUT2D eigenvalue weighted by Gasteiger charge is -2.23. The van der Waals surface area contributed by atoms with Crippen LogP contribution >= 0.6 is 0 Å². The number of nitriles is 1. The van der Waals surface area contributed by atoms with Crippen molar-refractivity contribution in [1.82, 2.24) is 14.9 Å². The van der Waals surface area contributed by atoms with Gasteiger partial charge in [0.2, 0.25) is 15.0 Å². The first-order valence-corrected chi connectivity index (χ1v) is 10.2. The molecule has 10 heteroatoms. The van der Waals surface area contributed by atoms with Crippen LogP contribution < -0.4 is 0 Å². The Labute approximate surface area is 165 Å². The molecule has 29 heavy (non-hydrogen) atoms. The third kappa shape index (κ3) is 5.00. The molecule has 2 heterocycles. The molecular formula is C19H15F3N4O2S. The average molecular weight is 420 g/mol. The monoisotopic (exact) mass is 420 g/mol. The van der Waals surface area contributed by atoms with E-state index >= 15 is 0 Å². The van der Waals surface area contributed by atoms with E-state index in [4.69, 9.17) is 5.26 Å². The van der Waals surface area contributed by atoms with Crippen LogP contribution in [0.4, 0.5) is 13.2 Å². The van der Waals surface area contributed by atoms with Crippen molar-refractivity contribution in [3.05, 3.63) is 71.2 Å². The van der Waals surface area contributed by atoms with Gasteiger partial charge < -0.3 is 4.90 Å². The van der Waals surface area contributed by atoms with Crippen LogP contribution in [0.2, 0.25) is 0 Å². The minimum absolute atomic E-state index is 0.131. The minimum Gasteiger partial charge on any atom is -0.369 e. The molecule has 0 saturated heterocycles. The third-order valence-corrected chi connectivity index (χ3v) is 4.90. The van der Waals surface area contributed by atoms with Crippen LogP contribution in [-0.4, -0.2) is 36.1 Å². The van der Waals surface area contributed by atoms with Crippen LogP contribution in [0, 0.1) is 11.3 Å². The van der Waals surface area contributed by atoms with E-state index in [9.17, 15) is 21.6 Å². The first-order valence-electron chi connectivity index (χ1n) is 8.34. The zero-order valence-electron chi connectivity index (χ0n) is 15.2. The smallest absolute Gasteiger partial charge is 0.369 e. The Kier molecular flexibility index (Phi) is 5.44. The molecule has 0 amide bonds. The van der Waals surface area contributed by atoms with E-state index in [1.807, 2.05) is 11.0 Å². The van der Waals surface area contributed by atoms with E-state index in [2.05, 4.69) is 9.97 Å². The van der Waals surface area contributed by atoms with Crippen LogP contribution in [0.3, 0.4) is 0 Å². The summed E-state index contributed by atoms with van der Waals surface area (Å²) in [4.78, 5) is 8.82. The highest BCUT2D eigenvalue weighted by molar-refractivity contribution is 7.90. The highest BCUT2D eigenvalue weighted by Gasteiger charge is 2.35. The van der Waals surface area contributed by atoms with Gasteiger partial charge in [-0.2, -0.15) is 18.4 Å². The fraction of sp³-hybridized carbons (Fsp3) is 0.211. The molecule has 0 fully saturated rings. The minimum atomic E-state index is -4.81. The number of aromatic nitrogens is 2. The first kappa shape index (κ1) is 20.5. The van der Waals surface area contributed by atoms with E-state index in [0.717, 1.165) is 17.9 Å². The number of sulfone groups is 1. The maximum Gasteiger partial charge on any atom is 0.433 e. The van der Waals surface area contributed by atoms with E-state index < -0.39 is 26.9 Å². The summed E-state index contributed by atoms with van der Waals surface area (Å²) in [6.45, 7) is 0.968. The van der Waals surface area contributed by atoms with Gasteiger partial charge in [0, 0.05) is 31.1 Å². The molecule has 0 aliphatic carbocycles. The highest BCUT2D eigenvalue weighted by atomic mass is 32.2. The number of alkyl halides is 3. The van der Waals surface area contributed by atoms with E-state index in [-0.39, 0.29) is 5.69 Å². The topological polar surface area (TPSA) is 87.0 Å². The Bertz CT molecular complexity index is 1130. The van der Waals surface area contributed by atoms with Gasteiger partial charge >= 0.3 is 6.18 Å². The summed E-state index contributed by atoms with van der Waals surface area (Å²) >= 11 is 0. The number of nitrogens with zero attached hydrogens (tertiary/aromatic N) is 4. The van der Waals surface area contributed by atoms with Gasteiger partial charge in [-0.1, -0.05) is 24.3 Å². The Morgan fingerprint density at radius 2 is 1.90 bits per heavy atom. The molecule has 1 aromatic carbocycles. The van der Waals surface area contributed by atoms with E-state index in [0.29, 0.717) is 24.2 Å². The van der Waals surface area contributed by atoms with Gasteiger partial charge in [-0.05, 0) is 23.8 Å². The molecule has 0 N–H and O–H groups in total. The van der Waals surface area contributed by atoms with Crippen molar-refractivity contribution < 1.29 is 21.6 Å². The second-order valence-corrected chi connectivity index (χ2v) is 8.33. The molecule has 0 radical (unpaired) electrons. The number of allylic oxidation sites excluding steroid dienone is 2. The molecule has 0 bridgehead atoms. The summed E-state index contributed by atoms with van der Waals surface area (Å²) in [5.74, 6) is 0. The van der Waals surface area contributed by atoms with Crippen molar-refractivity contribution >= 4 is 15.4 Å². The number of hydrogen-bond donors (Lipinski definition) is 0. The van der Waals surface area contributed by atoms with Crippen LogP contribution in [0.5, 0.6) is 0 Å². The fourth-order valence-corrected chi connectivity index (χ4v) is 3.20. The molecule has 0 atom stereocenters. The molecule has 3 rings (SSSR count). The van der Waals surface area contributed by atoms with Gasteiger partial charge in [0.1, 0.15) is 5.69 Å². The molecule has 6 nitrogen and oxygen atoms in total. The van der Waals surface area contributed by atoms with Gasteiger partial charge in [-0.3, -0.25) is 0 Å². The molecule has 0 saturated carbocycles. The zero-order valence-corrected chi connectivity index (χ0v) is 16.0. The quantitative estimate of drug-likeness (QED) is 0.706. The van der Waals surface area contributed by atoms with Crippen molar-refractivity contribution in [1.29, 1.82) is 5.26 Å². The predicted octanol–water partition coefficient (Wildman–Crippen LogP) is 3.18. The standard InChI is InChI=1S/C19H15F3N4O2S/c1-29(27,28)18-24-16(9-17(25-18)19(20,21)22)15-3-2-8-26(12-15)11-14-6-4-13(10-23)5-7-14/h2-7,9,12H,8,11H2,1H3. The van der Waals surface area contributed by atoms with Gasteiger partial charge in [0.15, 0.2) is 0 Å². The molecule has 150 valence electrons. The molecule has 0 spiro atoms. The van der Waals surface area contributed by atoms with Crippen molar-refractivity contribution in [2.24, 2.45) is 0 Å². The molecule has 1 aliphatic heterocycles. The zero-order chi connectivity index (χ0) is 21.2. The second kappa shape index (κ2) is 7.67. The van der Waals surface area contributed by atoms with E-state index in [1.54, 1.807) is 42.6 Å². The summed E-state index contributed by atoms with van der Waals surface area (Å²) in [5.41, 5.74) is 0.320. The van der Waals surface area contributed by atoms with Gasteiger partial charge in [0.05, 0.1) is 17.3 Å². The van der Waals surface area contributed by atoms with Crippen LogP contribution in [0.1, 0.15) is 22.5 Å². The van der Waals surface area contributed by atoms with Crippen molar-refractivity contribution in [2.45, 2.75) is 17.9 Å². The number of rotatable bonds is 4. The normalized spacial score (nSPS) is 14.4. The van der Waals surface area contributed by atoms with Gasteiger partial charge in [-0.15, -0.1) is 0 Å². The lowest BCUT2D eigenvalue weighted by molar-refractivity contribution is -0.141. The van der Waals surface area contributed by atoms with Crippen LogP contribution in [0.25, 0.3) is 5.57 Å². The molecule has 1 aliphatic rings. The Morgan fingerprint density at radius 1 is 1.21 bits per heavy atom. The molecule has 1 aromatic heterocycles. The third-order valence-electron chi connectivity index (χ3n) is 4.05. The second-order valence-electron chi connectivity index (χ2n) is 6.42. The van der Waals surface area contributed by atoms with Crippen molar-refractivity contribution in [3.63, 3.8) is 0 Å². The summed E-state index contributed by atoms with van der Waals surface area (Å²) in [6, 6.07) is 9.70. The summed E-state index contributed by atoms with van der Waals surface area (Å²) in [5, 5.41) is 7.98. The lowest BCUT2D eigenvalue weighted by atomic mass is 10.1. The summed E-state index contributed by atoms with van der Waals surface area (Å²) in [6.07, 6.45) is 0.901. The summed E-state index contributed by atoms with van der Waals surface area (Å²) in [7, 11) is -4.03. The maximum atomic E-state index is 13.2. The molecular weight excluding hydrogens is 405 g/mol. The first-order chi connectivity index (χ1) is 13.6. The highest BCUT2D eigenvalue weighted by Crippen LogP contribution is 2.30. The Morgan fingerprint density at radius 3 is 2.48 bits per heavy atom. The SMILES string of the molecule is CS(=O)(=O)c1nc(C2=CN(Cc3ccc(C#N)cc3)CC=C2)cc(C(F)(F)F)n1. The largest absolute Gasteiger partial charge is 0.433 e. The number of benzene rings is 1. The Hall–Kier alpha value is -3.19. The molecule has 0 unspecified atom stereocenters. The Balaban J connectivity index is 1.96. The van der Waals surface area contributed by atoms with Crippen LogP contribution in [0.15, 0.2) is 53.8 Å². The predicted molar refractivity (Wildman–Crippen MR) is 98.8 cm³/mol. The maximum absolute atomic E-state index is 13.2. The molecule has 2 aromatic rings. The van der Waals surface area contributed by atoms with Crippen molar-refractivity contribution in [3.8, 4) is 6.07 Å². The number of halogens is 3. The average Bonchev–Trinajstić information content (AvgIpc) is 2.67. The lowest BCUT2D eigenvalue weighted by Crippen LogP contribution is -2.20. The fourth-order valence-electron chi connectivity index (χ4n) is 2.67. The van der Waals surface area contributed by atoms with Crippen molar-refractivity contribution in [2.75, 3.05) is 12.8 Å².